The second-order valence-corrected chi connectivity index (χ2v) is 5.79. The Labute approximate surface area is 124 Å². The predicted molar refractivity (Wildman–Crippen MR) is 77.2 cm³/mol. The van der Waals surface area contributed by atoms with Gasteiger partial charge in [0.1, 0.15) is 6.54 Å². The Morgan fingerprint density at radius 3 is 2.33 bits per heavy atom. The Balaban J connectivity index is 1.80. The smallest absolute Gasteiger partial charge is 0.312 e. The number of amides is 3. The minimum atomic E-state index is -0.580. The van der Waals surface area contributed by atoms with Crippen molar-refractivity contribution in [3.8, 4) is 0 Å². The first-order valence-corrected chi connectivity index (χ1v) is 7.64. The summed E-state index contributed by atoms with van der Waals surface area (Å²) < 4.78 is 0. The van der Waals surface area contributed by atoms with E-state index in [2.05, 4.69) is 5.32 Å². The molecule has 7 nitrogen and oxygen atoms in total. The highest BCUT2D eigenvalue weighted by atomic mass is 16.2. The van der Waals surface area contributed by atoms with Crippen molar-refractivity contribution in [1.82, 2.24) is 15.1 Å². The van der Waals surface area contributed by atoms with Crippen LogP contribution in [0.4, 0.5) is 0 Å². The lowest BCUT2D eigenvalue weighted by Crippen LogP contribution is -2.56. The third kappa shape index (κ3) is 3.93. The van der Waals surface area contributed by atoms with Gasteiger partial charge in [-0.3, -0.25) is 14.4 Å². The highest BCUT2D eigenvalue weighted by Gasteiger charge is 2.32. The molecular weight excluding hydrogens is 272 g/mol. The zero-order chi connectivity index (χ0) is 15.4. The lowest BCUT2D eigenvalue weighted by atomic mass is 9.92. The normalized spacial score (nSPS) is 27.0. The summed E-state index contributed by atoms with van der Waals surface area (Å²) in [6, 6.07) is 0.375. The quantitative estimate of drug-likeness (QED) is 0.655. The maximum atomic E-state index is 12.0. The number of nitrogens with two attached hydrogens (primary N) is 1. The number of nitrogens with one attached hydrogen (secondary N) is 1. The van der Waals surface area contributed by atoms with Gasteiger partial charge in [0.05, 0.1) is 0 Å². The second kappa shape index (κ2) is 6.89. The molecule has 0 aromatic rings. The molecule has 7 heteroatoms. The molecule has 21 heavy (non-hydrogen) atoms. The molecule has 0 unspecified atom stereocenters. The van der Waals surface area contributed by atoms with Gasteiger partial charge >= 0.3 is 11.8 Å². The Kier molecular flexibility index (Phi) is 5.17. The molecule has 1 saturated heterocycles. The number of piperazine rings is 1. The summed E-state index contributed by atoms with van der Waals surface area (Å²) in [5.74, 6) is -1.29. The largest absolute Gasteiger partial charge is 0.352 e. The average Bonchev–Trinajstić information content (AvgIpc) is 2.47. The van der Waals surface area contributed by atoms with E-state index >= 15 is 0 Å². The van der Waals surface area contributed by atoms with E-state index in [1.807, 2.05) is 6.92 Å². The van der Waals surface area contributed by atoms with Crippen LogP contribution in [0.1, 0.15) is 32.6 Å². The summed E-state index contributed by atoms with van der Waals surface area (Å²) in [6.45, 7) is 3.23. The molecule has 0 bridgehead atoms. The van der Waals surface area contributed by atoms with Crippen LogP contribution in [0, 0.1) is 0 Å². The minimum absolute atomic E-state index is 0.0370. The molecule has 118 valence electrons. The lowest BCUT2D eigenvalue weighted by molar-refractivity contribution is -0.156. The van der Waals surface area contributed by atoms with Gasteiger partial charge in [0.15, 0.2) is 0 Å². The number of likely N-dealkylation sites (N-methyl/N-ethyl adjacent to an activating group) is 1. The van der Waals surface area contributed by atoms with E-state index in [9.17, 15) is 14.4 Å². The van der Waals surface area contributed by atoms with Crippen LogP contribution in [0.15, 0.2) is 0 Å². The number of carbonyl (C=O) groups is 3. The van der Waals surface area contributed by atoms with Crippen LogP contribution >= 0.6 is 0 Å². The summed E-state index contributed by atoms with van der Waals surface area (Å²) in [5.41, 5.74) is 5.83. The molecule has 0 spiro atoms. The summed E-state index contributed by atoms with van der Waals surface area (Å²) in [7, 11) is 0. The Morgan fingerprint density at radius 1 is 1.14 bits per heavy atom. The van der Waals surface area contributed by atoms with Gasteiger partial charge in [-0.1, -0.05) is 0 Å². The molecule has 2 rings (SSSR count). The first kappa shape index (κ1) is 15.8. The van der Waals surface area contributed by atoms with Crippen molar-refractivity contribution in [2.75, 3.05) is 26.2 Å². The van der Waals surface area contributed by atoms with E-state index in [0.717, 1.165) is 25.7 Å². The molecule has 3 N–H and O–H groups in total. The number of hydrogen-bond acceptors (Lipinski definition) is 4. The summed E-state index contributed by atoms with van der Waals surface area (Å²) in [6.07, 6.45) is 3.59. The van der Waals surface area contributed by atoms with Gasteiger partial charge in [0.2, 0.25) is 5.91 Å². The van der Waals surface area contributed by atoms with Crippen LogP contribution in [-0.2, 0) is 14.4 Å². The molecule has 2 aliphatic rings. The zero-order valence-corrected chi connectivity index (χ0v) is 12.5. The Hall–Kier alpha value is -1.63. The van der Waals surface area contributed by atoms with Crippen molar-refractivity contribution in [2.45, 2.75) is 44.7 Å². The van der Waals surface area contributed by atoms with Gasteiger partial charge in [-0.05, 0) is 32.6 Å². The van der Waals surface area contributed by atoms with Gasteiger partial charge < -0.3 is 20.9 Å². The molecular formula is C14H24N4O3. The van der Waals surface area contributed by atoms with Crippen LogP contribution in [0.2, 0.25) is 0 Å². The molecule has 1 heterocycles. The second-order valence-electron chi connectivity index (χ2n) is 5.79. The number of hydrogen-bond donors (Lipinski definition) is 2. The van der Waals surface area contributed by atoms with Gasteiger partial charge in [0, 0.05) is 31.7 Å². The highest BCUT2D eigenvalue weighted by Crippen LogP contribution is 2.16. The molecule has 1 saturated carbocycles. The lowest BCUT2D eigenvalue weighted by Gasteiger charge is -2.33. The maximum Gasteiger partial charge on any atom is 0.312 e. The monoisotopic (exact) mass is 296 g/mol. The third-order valence-corrected chi connectivity index (χ3v) is 4.25. The van der Waals surface area contributed by atoms with Crippen molar-refractivity contribution >= 4 is 17.7 Å². The average molecular weight is 296 g/mol. The molecule has 0 aromatic carbocycles. The number of nitrogens with zero attached hydrogens (tertiary/aromatic N) is 2. The zero-order valence-electron chi connectivity index (χ0n) is 12.5. The first-order valence-electron chi connectivity index (χ1n) is 7.64. The van der Waals surface area contributed by atoms with E-state index in [4.69, 9.17) is 5.73 Å². The van der Waals surface area contributed by atoms with Crippen molar-refractivity contribution < 1.29 is 14.4 Å². The third-order valence-electron chi connectivity index (χ3n) is 4.25. The van der Waals surface area contributed by atoms with Crippen molar-refractivity contribution in [3.63, 3.8) is 0 Å². The minimum Gasteiger partial charge on any atom is -0.352 e. The Morgan fingerprint density at radius 2 is 1.71 bits per heavy atom. The fraction of sp³-hybridized carbons (Fsp3) is 0.786. The van der Waals surface area contributed by atoms with Gasteiger partial charge in [-0.25, -0.2) is 0 Å². The molecule has 2 fully saturated rings. The van der Waals surface area contributed by atoms with Crippen molar-refractivity contribution in [1.29, 1.82) is 0 Å². The first-order chi connectivity index (χ1) is 10.0. The van der Waals surface area contributed by atoms with E-state index < -0.39 is 11.8 Å². The number of carbonyl (C=O) groups excluding carboxylic acids is 3. The van der Waals surface area contributed by atoms with Crippen LogP contribution in [0.25, 0.3) is 0 Å². The van der Waals surface area contributed by atoms with Crippen LogP contribution < -0.4 is 11.1 Å². The fourth-order valence-corrected chi connectivity index (χ4v) is 2.88. The summed E-state index contributed by atoms with van der Waals surface area (Å²) >= 11 is 0. The fourth-order valence-electron chi connectivity index (χ4n) is 2.88. The van der Waals surface area contributed by atoms with E-state index in [1.54, 1.807) is 0 Å². The highest BCUT2D eigenvalue weighted by molar-refractivity contribution is 6.35. The topological polar surface area (TPSA) is 95.7 Å². The van der Waals surface area contributed by atoms with Crippen LogP contribution in [0.3, 0.4) is 0 Å². The molecule has 1 aliphatic heterocycles. The molecule has 0 aromatic heterocycles. The predicted octanol–water partition coefficient (Wildman–Crippen LogP) is -0.937. The van der Waals surface area contributed by atoms with Gasteiger partial charge in [-0.2, -0.15) is 0 Å². The summed E-state index contributed by atoms with van der Waals surface area (Å²) in [4.78, 5) is 38.5. The van der Waals surface area contributed by atoms with E-state index in [0.29, 0.717) is 19.6 Å². The summed E-state index contributed by atoms with van der Waals surface area (Å²) in [5, 5.41) is 2.93. The standard InChI is InChI=1S/C14H24N4O3/c1-2-17-7-8-18(14(21)13(17)20)9-12(19)16-11-5-3-10(15)4-6-11/h10-11H,2-9,15H2,1H3,(H,16,19). The van der Waals surface area contributed by atoms with Gasteiger partial charge in [0.25, 0.3) is 0 Å². The SMILES string of the molecule is CCN1CCN(CC(=O)NC2CCC(N)CC2)C(=O)C1=O. The van der Waals surface area contributed by atoms with Crippen molar-refractivity contribution in [2.24, 2.45) is 5.73 Å². The maximum absolute atomic E-state index is 12.0. The van der Waals surface area contributed by atoms with Crippen LogP contribution in [0.5, 0.6) is 0 Å². The molecule has 0 atom stereocenters. The van der Waals surface area contributed by atoms with Crippen molar-refractivity contribution in [3.05, 3.63) is 0 Å². The number of rotatable bonds is 4. The molecule has 0 radical (unpaired) electrons. The Bertz CT molecular complexity index is 418. The van der Waals surface area contributed by atoms with Crippen LogP contribution in [-0.4, -0.2) is 65.8 Å². The van der Waals surface area contributed by atoms with E-state index in [-0.39, 0.29) is 24.5 Å². The van der Waals surface area contributed by atoms with Gasteiger partial charge in [-0.15, -0.1) is 0 Å². The van der Waals surface area contributed by atoms with E-state index in [1.165, 1.54) is 9.80 Å². The molecule has 1 aliphatic carbocycles. The molecule has 3 amide bonds.